The third-order valence-corrected chi connectivity index (χ3v) is 5.83. The number of benzene rings is 1. The molecule has 1 aromatic rings. The van der Waals surface area contributed by atoms with E-state index in [1.54, 1.807) is 5.56 Å². The van der Waals surface area contributed by atoms with Crippen molar-refractivity contribution in [1.29, 1.82) is 0 Å². The number of hydrogen-bond acceptors (Lipinski definition) is 1. The highest BCUT2D eigenvalue weighted by Gasteiger charge is 2.21. The van der Waals surface area contributed by atoms with Crippen LogP contribution < -0.4 is 5.32 Å². The van der Waals surface area contributed by atoms with Gasteiger partial charge in [-0.1, -0.05) is 62.8 Å². The van der Waals surface area contributed by atoms with E-state index in [0.717, 1.165) is 11.8 Å². The van der Waals surface area contributed by atoms with Gasteiger partial charge in [0, 0.05) is 6.04 Å². The molecule has 0 amide bonds. The normalized spacial score (nSPS) is 22.0. The van der Waals surface area contributed by atoms with Crippen LogP contribution in [0.15, 0.2) is 24.3 Å². The van der Waals surface area contributed by atoms with Crippen molar-refractivity contribution in [1.82, 2.24) is 5.32 Å². The third-order valence-electron chi connectivity index (χ3n) is 5.83. The summed E-state index contributed by atoms with van der Waals surface area (Å²) in [4.78, 5) is 0. The van der Waals surface area contributed by atoms with Gasteiger partial charge in [0.1, 0.15) is 0 Å². The van der Waals surface area contributed by atoms with Gasteiger partial charge in [-0.15, -0.1) is 0 Å². The zero-order chi connectivity index (χ0) is 14.5. The lowest BCUT2D eigenvalue weighted by Crippen LogP contribution is -2.19. The SMILES string of the molecule is CNC(CCC1CCCCC1)c1cccc(C2CCC2)c1. The molecule has 21 heavy (non-hydrogen) atoms. The van der Waals surface area contributed by atoms with Crippen LogP contribution in [0.5, 0.6) is 0 Å². The molecule has 1 unspecified atom stereocenters. The third kappa shape index (κ3) is 3.88. The van der Waals surface area contributed by atoms with Gasteiger partial charge in [-0.25, -0.2) is 0 Å². The minimum atomic E-state index is 0.548. The largest absolute Gasteiger partial charge is 0.313 e. The molecule has 0 spiro atoms. The summed E-state index contributed by atoms with van der Waals surface area (Å²) in [6.45, 7) is 0. The van der Waals surface area contributed by atoms with Crippen LogP contribution in [0, 0.1) is 5.92 Å². The maximum absolute atomic E-state index is 3.56. The van der Waals surface area contributed by atoms with Gasteiger partial charge < -0.3 is 5.32 Å². The molecule has 3 rings (SSSR count). The Morgan fingerprint density at radius 1 is 1.05 bits per heavy atom. The molecule has 2 saturated carbocycles. The summed E-state index contributed by atoms with van der Waals surface area (Å²) in [6.07, 6.45) is 14.3. The van der Waals surface area contributed by atoms with E-state index in [0.29, 0.717) is 6.04 Å². The van der Waals surface area contributed by atoms with Crippen molar-refractivity contribution in [3.63, 3.8) is 0 Å². The van der Waals surface area contributed by atoms with E-state index in [1.165, 1.54) is 69.8 Å². The fourth-order valence-corrected chi connectivity index (χ4v) is 4.13. The molecule has 0 saturated heterocycles. The summed E-state index contributed by atoms with van der Waals surface area (Å²) in [5.41, 5.74) is 3.09. The second-order valence-corrected chi connectivity index (χ2v) is 7.22. The zero-order valence-corrected chi connectivity index (χ0v) is 13.6. The van der Waals surface area contributed by atoms with Crippen LogP contribution in [0.4, 0.5) is 0 Å². The minimum absolute atomic E-state index is 0.548. The van der Waals surface area contributed by atoms with Crippen molar-refractivity contribution in [2.45, 2.75) is 76.2 Å². The summed E-state index contributed by atoms with van der Waals surface area (Å²) in [5, 5.41) is 3.56. The van der Waals surface area contributed by atoms with Crippen LogP contribution >= 0.6 is 0 Å². The molecule has 0 aliphatic heterocycles. The monoisotopic (exact) mass is 285 g/mol. The lowest BCUT2D eigenvalue weighted by atomic mass is 9.79. The molecule has 1 nitrogen and oxygen atoms in total. The molecule has 1 aromatic carbocycles. The quantitative estimate of drug-likeness (QED) is 0.720. The van der Waals surface area contributed by atoms with Crippen LogP contribution in [-0.2, 0) is 0 Å². The lowest BCUT2D eigenvalue weighted by molar-refractivity contribution is 0.317. The van der Waals surface area contributed by atoms with Gasteiger partial charge >= 0.3 is 0 Å². The molecule has 1 N–H and O–H groups in total. The molecule has 0 bridgehead atoms. The first kappa shape index (κ1) is 15.1. The molecule has 0 radical (unpaired) electrons. The van der Waals surface area contributed by atoms with Gasteiger partial charge in [0.05, 0.1) is 0 Å². The lowest BCUT2D eigenvalue weighted by Gasteiger charge is -2.28. The van der Waals surface area contributed by atoms with Gasteiger partial charge in [-0.2, -0.15) is 0 Å². The second-order valence-electron chi connectivity index (χ2n) is 7.22. The molecular formula is C20H31N. The molecule has 116 valence electrons. The van der Waals surface area contributed by atoms with Crippen LogP contribution in [-0.4, -0.2) is 7.05 Å². The van der Waals surface area contributed by atoms with Crippen LogP contribution in [0.2, 0.25) is 0 Å². The number of nitrogens with one attached hydrogen (secondary N) is 1. The van der Waals surface area contributed by atoms with Gasteiger partial charge in [-0.05, 0) is 55.7 Å². The van der Waals surface area contributed by atoms with E-state index in [-0.39, 0.29) is 0 Å². The average Bonchev–Trinajstić information content (AvgIpc) is 2.48. The highest BCUT2D eigenvalue weighted by atomic mass is 14.9. The van der Waals surface area contributed by atoms with E-state index >= 15 is 0 Å². The Morgan fingerprint density at radius 2 is 1.86 bits per heavy atom. The standard InChI is InChI=1S/C20H31N/c1-21-20(14-13-16-7-3-2-4-8-16)19-12-6-11-18(15-19)17-9-5-10-17/h6,11-12,15-17,20-21H,2-5,7-10,13-14H2,1H3. The first-order valence-electron chi connectivity index (χ1n) is 9.14. The molecule has 2 aliphatic rings. The summed E-state index contributed by atoms with van der Waals surface area (Å²) >= 11 is 0. The first-order chi connectivity index (χ1) is 10.4. The molecular weight excluding hydrogens is 254 g/mol. The summed E-state index contributed by atoms with van der Waals surface area (Å²) in [5.74, 6) is 1.84. The van der Waals surface area contributed by atoms with Crippen molar-refractivity contribution in [3.05, 3.63) is 35.4 Å². The van der Waals surface area contributed by atoms with E-state index in [1.807, 2.05) is 0 Å². The molecule has 0 aromatic heterocycles. The van der Waals surface area contributed by atoms with Gasteiger partial charge in [0.2, 0.25) is 0 Å². The summed E-state index contributed by atoms with van der Waals surface area (Å²) in [7, 11) is 2.13. The Morgan fingerprint density at radius 3 is 2.52 bits per heavy atom. The van der Waals surface area contributed by atoms with Gasteiger partial charge in [-0.3, -0.25) is 0 Å². The molecule has 1 atom stereocenters. The topological polar surface area (TPSA) is 12.0 Å². The van der Waals surface area contributed by atoms with E-state index in [4.69, 9.17) is 0 Å². The van der Waals surface area contributed by atoms with E-state index < -0.39 is 0 Å². The Kier molecular flexibility index (Phi) is 5.35. The Balaban J connectivity index is 1.59. The smallest absolute Gasteiger partial charge is 0.0317 e. The highest BCUT2D eigenvalue weighted by Crippen LogP contribution is 2.37. The zero-order valence-electron chi connectivity index (χ0n) is 13.6. The average molecular weight is 285 g/mol. The first-order valence-corrected chi connectivity index (χ1v) is 9.14. The Bertz CT molecular complexity index is 429. The maximum Gasteiger partial charge on any atom is 0.0317 e. The predicted octanol–water partition coefficient (Wildman–Crippen LogP) is 5.58. The Hall–Kier alpha value is -0.820. The van der Waals surface area contributed by atoms with Crippen molar-refractivity contribution in [2.24, 2.45) is 5.92 Å². The molecule has 2 aliphatic carbocycles. The van der Waals surface area contributed by atoms with Crippen LogP contribution in [0.3, 0.4) is 0 Å². The molecule has 2 fully saturated rings. The van der Waals surface area contributed by atoms with Crippen molar-refractivity contribution < 1.29 is 0 Å². The summed E-state index contributed by atoms with van der Waals surface area (Å²) in [6, 6.07) is 9.96. The second kappa shape index (κ2) is 7.45. The van der Waals surface area contributed by atoms with E-state index in [2.05, 4.69) is 36.6 Å². The number of hydrogen-bond donors (Lipinski definition) is 1. The van der Waals surface area contributed by atoms with Crippen LogP contribution in [0.25, 0.3) is 0 Å². The predicted molar refractivity (Wildman–Crippen MR) is 90.6 cm³/mol. The fraction of sp³-hybridized carbons (Fsp3) is 0.700. The van der Waals surface area contributed by atoms with Gasteiger partial charge in [0.25, 0.3) is 0 Å². The van der Waals surface area contributed by atoms with Crippen molar-refractivity contribution >= 4 is 0 Å². The fourth-order valence-electron chi connectivity index (χ4n) is 4.13. The minimum Gasteiger partial charge on any atom is -0.313 e. The van der Waals surface area contributed by atoms with Crippen molar-refractivity contribution in [2.75, 3.05) is 7.05 Å². The van der Waals surface area contributed by atoms with E-state index in [9.17, 15) is 0 Å². The molecule has 0 heterocycles. The summed E-state index contributed by atoms with van der Waals surface area (Å²) < 4.78 is 0. The van der Waals surface area contributed by atoms with Crippen molar-refractivity contribution in [3.8, 4) is 0 Å². The molecule has 1 heteroatoms. The Labute approximate surface area is 130 Å². The van der Waals surface area contributed by atoms with Gasteiger partial charge in [0.15, 0.2) is 0 Å². The highest BCUT2D eigenvalue weighted by molar-refractivity contribution is 5.29. The van der Waals surface area contributed by atoms with Crippen LogP contribution in [0.1, 0.15) is 87.3 Å². The maximum atomic E-state index is 3.56. The number of rotatable bonds is 6.